The second kappa shape index (κ2) is 12.1. The van der Waals surface area contributed by atoms with Crippen LogP contribution in [0.5, 0.6) is 17.2 Å². The summed E-state index contributed by atoms with van der Waals surface area (Å²) in [7, 11) is 0. The number of ether oxygens (including phenoxy) is 2. The summed E-state index contributed by atoms with van der Waals surface area (Å²) < 4.78 is 11.8. The number of benzene rings is 5. The van der Waals surface area contributed by atoms with E-state index in [4.69, 9.17) is 9.47 Å². The molecule has 0 saturated heterocycles. The van der Waals surface area contributed by atoms with Crippen molar-refractivity contribution < 1.29 is 23.9 Å². The molecule has 0 aliphatic rings. The van der Waals surface area contributed by atoms with Crippen LogP contribution in [0.3, 0.4) is 0 Å². The molecule has 5 nitrogen and oxygen atoms in total. The van der Waals surface area contributed by atoms with E-state index in [9.17, 15) is 14.4 Å². The molecule has 5 aromatic carbocycles. The van der Waals surface area contributed by atoms with Gasteiger partial charge in [-0.05, 0) is 93.6 Å². The Hall–Kier alpha value is -5.29. The number of rotatable bonds is 9. The van der Waals surface area contributed by atoms with Crippen molar-refractivity contribution in [2.75, 3.05) is 0 Å². The molecule has 5 aromatic rings. The van der Waals surface area contributed by atoms with Gasteiger partial charge in [0.15, 0.2) is 17.3 Å². The highest BCUT2D eigenvalue weighted by Gasteiger charge is 2.15. The van der Waals surface area contributed by atoms with E-state index in [2.05, 4.69) is 0 Å². The Labute approximate surface area is 245 Å². The van der Waals surface area contributed by atoms with Crippen LogP contribution in [0.15, 0.2) is 127 Å². The van der Waals surface area contributed by atoms with Gasteiger partial charge in [0.05, 0.1) is 0 Å². The third-order valence-corrected chi connectivity index (χ3v) is 6.45. The first-order valence-electron chi connectivity index (χ1n) is 13.6. The van der Waals surface area contributed by atoms with Crippen LogP contribution in [0.25, 0.3) is 0 Å². The highest BCUT2D eigenvalue weighted by Crippen LogP contribution is 2.25. The fourth-order valence-corrected chi connectivity index (χ4v) is 4.38. The molecule has 0 aromatic heterocycles. The molecule has 0 amide bonds. The predicted octanol–water partition coefficient (Wildman–Crippen LogP) is 8.35. The van der Waals surface area contributed by atoms with E-state index in [0.29, 0.717) is 50.6 Å². The van der Waals surface area contributed by atoms with E-state index in [-0.39, 0.29) is 23.0 Å². The Bertz CT molecular complexity index is 1690. The van der Waals surface area contributed by atoms with Crippen LogP contribution in [0.2, 0.25) is 0 Å². The van der Waals surface area contributed by atoms with Crippen molar-refractivity contribution in [1.82, 2.24) is 0 Å². The smallest absolute Gasteiger partial charge is 0.193 e. The Kier molecular flexibility index (Phi) is 8.12. The zero-order chi connectivity index (χ0) is 29.7. The molecule has 5 heteroatoms. The second-order valence-corrected chi connectivity index (χ2v) is 10.8. The summed E-state index contributed by atoms with van der Waals surface area (Å²) in [5.74, 6) is 1.50. The summed E-state index contributed by atoms with van der Waals surface area (Å²) in [6, 6.07) is 36.6. The van der Waals surface area contributed by atoms with E-state index < -0.39 is 0 Å². The van der Waals surface area contributed by atoms with Crippen LogP contribution < -0.4 is 9.47 Å². The Morgan fingerprint density at radius 1 is 0.405 bits per heavy atom. The third kappa shape index (κ3) is 6.88. The maximum Gasteiger partial charge on any atom is 0.193 e. The third-order valence-electron chi connectivity index (χ3n) is 6.45. The molecule has 0 radical (unpaired) electrons. The van der Waals surface area contributed by atoms with Crippen molar-refractivity contribution >= 4 is 17.3 Å². The molecular weight excluding hydrogens is 524 g/mol. The Balaban J connectivity index is 1.19. The molecule has 0 atom stereocenters. The van der Waals surface area contributed by atoms with Gasteiger partial charge in [-0.2, -0.15) is 0 Å². The fourth-order valence-electron chi connectivity index (χ4n) is 4.38. The van der Waals surface area contributed by atoms with Crippen molar-refractivity contribution in [3.05, 3.63) is 161 Å². The number of carbonyl (C=O) groups excluding carboxylic acids is 3. The summed E-state index contributed by atoms with van der Waals surface area (Å²) in [6.45, 7) is 5.92. The lowest BCUT2D eigenvalue weighted by molar-refractivity contribution is 0.102. The maximum absolute atomic E-state index is 13.0. The molecule has 208 valence electrons. The molecule has 0 heterocycles. The minimum Gasteiger partial charge on any atom is -0.488 e. The molecule has 0 fully saturated rings. The van der Waals surface area contributed by atoms with Crippen molar-refractivity contribution in [2.24, 2.45) is 0 Å². The highest BCUT2D eigenvalue weighted by molar-refractivity contribution is 6.12. The topological polar surface area (TPSA) is 69.7 Å². The molecular formula is C37H30O5. The SMILES string of the molecule is CC(C)(C)Oc1ccc(C(=O)c2ccc(Oc3ccc(C(=O)c4ccc(C(=O)c5ccccc5)cc4)cc3)cc2)cc1. The van der Waals surface area contributed by atoms with Crippen LogP contribution in [-0.2, 0) is 0 Å². The highest BCUT2D eigenvalue weighted by atomic mass is 16.5. The number of ketones is 3. The van der Waals surface area contributed by atoms with E-state index in [1.165, 1.54) is 0 Å². The van der Waals surface area contributed by atoms with Gasteiger partial charge in [-0.1, -0.05) is 54.6 Å². The van der Waals surface area contributed by atoms with E-state index in [1.54, 1.807) is 109 Å². The molecule has 42 heavy (non-hydrogen) atoms. The van der Waals surface area contributed by atoms with Gasteiger partial charge >= 0.3 is 0 Å². The lowest BCUT2D eigenvalue weighted by atomic mass is 9.98. The first-order valence-corrected chi connectivity index (χ1v) is 13.6. The largest absolute Gasteiger partial charge is 0.488 e. The molecule has 0 aliphatic carbocycles. The number of hydrogen-bond donors (Lipinski definition) is 0. The van der Waals surface area contributed by atoms with Crippen molar-refractivity contribution in [1.29, 1.82) is 0 Å². The lowest BCUT2D eigenvalue weighted by Crippen LogP contribution is -2.22. The predicted molar refractivity (Wildman–Crippen MR) is 163 cm³/mol. The normalized spacial score (nSPS) is 11.0. The van der Waals surface area contributed by atoms with E-state index >= 15 is 0 Å². The summed E-state index contributed by atoms with van der Waals surface area (Å²) in [5, 5.41) is 0. The van der Waals surface area contributed by atoms with Gasteiger partial charge in [0.1, 0.15) is 22.8 Å². The molecule has 0 N–H and O–H groups in total. The zero-order valence-electron chi connectivity index (χ0n) is 23.7. The van der Waals surface area contributed by atoms with E-state index in [1.807, 2.05) is 39.0 Å². The van der Waals surface area contributed by atoms with Crippen molar-refractivity contribution in [3.8, 4) is 17.2 Å². The van der Waals surface area contributed by atoms with Crippen LogP contribution in [-0.4, -0.2) is 23.0 Å². The maximum atomic E-state index is 13.0. The molecule has 0 unspecified atom stereocenters. The number of hydrogen-bond acceptors (Lipinski definition) is 5. The molecule has 0 saturated carbocycles. The summed E-state index contributed by atoms with van der Waals surface area (Å²) in [6.07, 6.45) is 0. The van der Waals surface area contributed by atoms with Crippen molar-refractivity contribution in [3.63, 3.8) is 0 Å². The van der Waals surface area contributed by atoms with Gasteiger partial charge in [0.25, 0.3) is 0 Å². The minimum absolute atomic E-state index is 0.0890. The zero-order valence-corrected chi connectivity index (χ0v) is 23.7. The van der Waals surface area contributed by atoms with Gasteiger partial charge < -0.3 is 9.47 Å². The van der Waals surface area contributed by atoms with Crippen LogP contribution >= 0.6 is 0 Å². The molecule has 0 aliphatic heterocycles. The minimum atomic E-state index is -0.310. The standard InChI is InChI=1S/C37H30O5/c1-37(2,3)42-33-23-17-30(18-24-33)36(40)29-15-21-32(22-16-29)41-31-19-13-28(14-20-31)35(39)27-11-9-26(10-12-27)34(38)25-7-5-4-6-8-25/h4-24H,1-3H3. The Morgan fingerprint density at radius 3 is 1.02 bits per heavy atom. The van der Waals surface area contributed by atoms with Gasteiger partial charge in [0.2, 0.25) is 0 Å². The summed E-state index contributed by atoms with van der Waals surface area (Å²) in [5.41, 5.74) is 2.93. The second-order valence-electron chi connectivity index (χ2n) is 10.8. The Morgan fingerprint density at radius 2 is 0.690 bits per heavy atom. The van der Waals surface area contributed by atoms with Crippen LogP contribution in [0.1, 0.15) is 68.5 Å². The monoisotopic (exact) mass is 554 g/mol. The van der Waals surface area contributed by atoms with Gasteiger partial charge in [-0.3, -0.25) is 14.4 Å². The quantitative estimate of drug-likeness (QED) is 0.171. The average Bonchev–Trinajstić information content (AvgIpc) is 3.01. The first-order chi connectivity index (χ1) is 20.2. The number of carbonyl (C=O) groups is 3. The summed E-state index contributed by atoms with van der Waals surface area (Å²) in [4.78, 5) is 38.5. The van der Waals surface area contributed by atoms with E-state index in [0.717, 1.165) is 0 Å². The average molecular weight is 555 g/mol. The van der Waals surface area contributed by atoms with Crippen LogP contribution in [0, 0.1) is 0 Å². The van der Waals surface area contributed by atoms with Gasteiger partial charge in [-0.25, -0.2) is 0 Å². The lowest BCUT2D eigenvalue weighted by Gasteiger charge is -2.21. The van der Waals surface area contributed by atoms with Crippen molar-refractivity contribution in [2.45, 2.75) is 26.4 Å². The first kappa shape index (κ1) is 28.2. The van der Waals surface area contributed by atoms with Crippen LogP contribution in [0.4, 0.5) is 0 Å². The fraction of sp³-hybridized carbons (Fsp3) is 0.108. The van der Waals surface area contributed by atoms with Gasteiger partial charge in [-0.15, -0.1) is 0 Å². The van der Waals surface area contributed by atoms with Gasteiger partial charge in [0, 0.05) is 33.4 Å². The molecule has 0 bridgehead atoms. The summed E-state index contributed by atoms with van der Waals surface area (Å²) >= 11 is 0. The molecule has 5 rings (SSSR count). The molecule has 0 spiro atoms.